The van der Waals surface area contributed by atoms with Crippen molar-refractivity contribution in [1.82, 2.24) is 9.78 Å². The molecule has 0 fully saturated rings. The minimum atomic E-state index is -0.770. The molecular weight excluding hydrogens is 240 g/mol. The minimum absolute atomic E-state index is 0.0337. The van der Waals surface area contributed by atoms with E-state index in [1.165, 1.54) is 0 Å². The molecule has 2 unspecified atom stereocenters. The molecule has 0 aliphatic carbocycles. The Morgan fingerprint density at radius 3 is 2.59 bits per heavy atom. The van der Waals surface area contributed by atoms with Crippen LogP contribution < -0.4 is 0 Å². The summed E-state index contributed by atoms with van der Waals surface area (Å²) in [6, 6.07) is 0. The molecule has 0 aliphatic heterocycles. The average Bonchev–Trinajstić information content (AvgIpc) is 2.55. The number of aromatic nitrogens is 2. The third-order valence-corrected chi connectivity index (χ3v) is 3.70. The molecule has 1 aromatic heterocycles. The molecule has 0 aromatic carbocycles. The first-order valence-electron chi connectivity index (χ1n) is 5.83. The SMILES string of the molecule is CCn1nc(C)c(Cl)c1CC(C)C(C)C(=O)O. The third-order valence-electron chi connectivity index (χ3n) is 3.21. The van der Waals surface area contributed by atoms with E-state index >= 15 is 0 Å². The molecular formula is C12H19ClN2O2. The first-order valence-corrected chi connectivity index (χ1v) is 6.20. The van der Waals surface area contributed by atoms with Gasteiger partial charge in [-0.1, -0.05) is 25.4 Å². The maximum atomic E-state index is 10.9. The van der Waals surface area contributed by atoms with Crippen LogP contribution in [-0.2, 0) is 17.8 Å². The predicted molar refractivity (Wildman–Crippen MR) is 67.3 cm³/mol. The van der Waals surface area contributed by atoms with Gasteiger partial charge in [0.25, 0.3) is 0 Å². The van der Waals surface area contributed by atoms with Crippen LogP contribution in [-0.4, -0.2) is 20.9 Å². The molecule has 96 valence electrons. The van der Waals surface area contributed by atoms with E-state index in [1.54, 1.807) is 6.92 Å². The largest absolute Gasteiger partial charge is 0.481 e. The lowest BCUT2D eigenvalue weighted by molar-refractivity contribution is -0.142. The number of aryl methyl sites for hydroxylation is 2. The van der Waals surface area contributed by atoms with E-state index < -0.39 is 5.97 Å². The zero-order chi connectivity index (χ0) is 13.2. The number of carbonyl (C=O) groups is 1. The number of nitrogens with zero attached hydrogens (tertiary/aromatic N) is 2. The van der Waals surface area contributed by atoms with Crippen molar-refractivity contribution in [3.63, 3.8) is 0 Å². The smallest absolute Gasteiger partial charge is 0.306 e. The zero-order valence-electron chi connectivity index (χ0n) is 10.7. The fraction of sp³-hybridized carbons (Fsp3) is 0.667. The normalized spacial score (nSPS) is 14.6. The van der Waals surface area contributed by atoms with Crippen molar-refractivity contribution in [2.45, 2.75) is 40.7 Å². The Kier molecular flexibility index (Phi) is 4.57. The molecule has 1 heterocycles. The van der Waals surface area contributed by atoms with Gasteiger partial charge in [0, 0.05) is 6.54 Å². The topological polar surface area (TPSA) is 55.1 Å². The van der Waals surface area contributed by atoms with Crippen LogP contribution in [0, 0.1) is 18.8 Å². The molecule has 5 heteroatoms. The van der Waals surface area contributed by atoms with Crippen molar-refractivity contribution < 1.29 is 9.90 Å². The monoisotopic (exact) mass is 258 g/mol. The van der Waals surface area contributed by atoms with Crippen molar-refractivity contribution in [3.05, 3.63) is 16.4 Å². The van der Waals surface area contributed by atoms with E-state index in [1.807, 2.05) is 25.5 Å². The maximum Gasteiger partial charge on any atom is 0.306 e. The molecule has 0 amide bonds. The van der Waals surface area contributed by atoms with Crippen LogP contribution in [0.3, 0.4) is 0 Å². The Hall–Kier alpha value is -1.03. The Morgan fingerprint density at radius 1 is 1.53 bits per heavy atom. The molecule has 2 atom stereocenters. The van der Waals surface area contributed by atoms with Crippen LogP contribution in [0.2, 0.25) is 5.02 Å². The van der Waals surface area contributed by atoms with Crippen LogP contribution in [0.1, 0.15) is 32.2 Å². The van der Waals surface area contributed by atoms with Crippen molar-refractivity contribution in [2.75, 3.05) is 0 Å². The molecule has 0 spiro atoms. The lowest BCUT2D eigenvalue weighted by Crippen LogP contribution is -2.21. The third kappa shape index (κ3) is 3.00. The maximum absolute atomic E-state index is 10.9. The van der Waals surface area contributed by atoms with Gasteiger partial charge < -0.3 is 5.11 Å². The van der Waals surface area contributed by atoms with Crippen LogP contribution in [0.15, 0.2) is 0 Å². The predicted octanol–water partition coefficient (Wildman–Crippen LogP) is 2.76. The second-order valence-electron chi connectivity index (χ2n) is 4.47. The lowest BCUT2D eigenvalue weighted by Gasteiger charge is -2.16. The number of hydrogen-bond acceptors (Lipinski definition) is 2. The fourth-order valence-corrected chi connectivity index (χ4v) is 2.00. The summed E-state index contributed by atoms with van der Waals surface area (Å²) < 4.78 is 1.85. The summed E-state index contributed by atoms with van der Waals surface area (Å²) in [5.41, 5.74) is 1.74. The number of carboxylic acid groups (broad SMARTS) is 1. The Labute approximate surface area is 107 Å². The van der Waals surface area contributed by atoms with Gasteiger partial charge in [0.05, 0.1) is 22.3 Å². The highest BCUT2D eigenvalue weighted by Gasteiger charge is 2.23. The highest BCUT2D eigenvalue weighted by molar-refractivity contribution is 6.31. The van der Waals surface area contributed by atoms with Gasteiger partial charge in [-0.3, -0.25) is 9.48 Å². The number of aliphatic carboxylic acids is 1. The van der Waals surface area contributed by atoms with E-state index in [0.29, 0.717) is 11.4 Å². The molecule has 0 saturated carbocycles. The molecule has 0 radical (unpaired) electrons. The summed E-state index contributed by atoms with van der Waals surface area (Å²) in [6.45, 7) is 8.26. The fourth-order valence-electron chi connectivity index (χ4n) is 1.79. The lowest BCUT2D eigenvalue weighted by atomic mass is 9.91. The Bertz CT molecular complexity index is 415. The Morgan fingerprint density at radius 2 is 2.12 bits per heavy atom. The van der Waals surface area contributed by atoms with Crippen LogP contribution in [0.25, 0.3) is 0 Å². The van der Waals surface area contributed by atoms with E-state index in [9.17, 15) is 4.79 Å². The van der Waals surface area contributed by atoms with Crippen LogP contribution in [0.4, 0.5) is 0 Å². The molecule has 0 aliphatic rings. The summed E-state index contributed by atoms with van der Waals surface area (Å²) in [4.78, 5) is 10.9. The number of halogens is 1. The van der Waals surface area contributed by atoms with Gasteiger partial charge in [0.1, 0.15) is 0 Å². The summed E-state index contributed by atoms with van der Waals surface area (Å²) in [7, 11) is 0. The quantitative estimate of drug-likeness (QED) is 0.884. The van der Waals surface area contributed by atoms with Gasteiger partial charge in [0.15, 0.2) is 0 Å². The molecule has 4 nitrogen and oxygen atoms in total. The van der Waals surface area contributed by atoms with Crippen LogP contribution >= 0.6 is 11.6 Å². The zero-order valence-corrected chi connectivity index (χ0v) is 11.5. The molecule has 1 N–H and O–H groups in total. The van der Waals surface area contributed by atoms with Crippen molar-refractivity contribution in [2.24, 2.45) is 11.8 Å². The van der Waals surface area contributed by atoms with Gasteiger partial charge in [0.2, 0.25) is 0 Å². The molecule has 0 bridgehead atoms. The van der Waals surface area contributed by atoms with Gasteiger partial charge in [-0.15, -0.1) is 0 Å². The van der Waals surface area contributed by atoms with Crippen molar-refractivity contribution in [3.8, 4) is 0 Å². The second-order valence-corrected chi connectivity index (χ2v) is 4.85. The number of rotatable bonds is 5. The molecule has 1 rings (SSSR count). The second kappa shape index (κ2) is 5.54. The molecule has 0 saturated heterocycles. The summed E-state index contributed by atoms with van der Waals surface area (Å²) in [5, 5.41) is 14.0. The van der Waals surface area contributed by atoms with E-state index in [0.717, 1.165) is 17.9 Å². The highest BCUT2D eigenvalue weighted by Crippen LogP contribution is 2.25. The van der Waals surface area contributed by atoms with Gasteiger partial charge in [-0.05, 0) is 26.2 Å². The summed E-state index contributed by atoms with van der Waals surface area (Å²) in [6.07, 6.45) is 0.640. The summed E-state index contributed by atoms with van der Waals surface area (Å²) in [5.74, 6) is -1.12. The minimum Gasteiger partial charge on any atom is -0.481 e. The summed E-state index contributed by atoms with van der Waals surface area (Å²) >= 11 is 6.19. The van der Waals surface area contributed by atoms with Crippen molar-refractivity contribution >= 4 is 17.6 Å². The molecule has 17 heavy (non-hydrogen) atoms. The average molecular weight is 259 g/mol. The van der Waals surface area contributed by atoms with Crippen LogP contribution in [0.5, 0.6) is 0 Å². The van der Waals surface area contributed by atoms with E-state index in [2.05, 4.69) is 5.10 Å². The highest BCUT2D eigenvalue weighted by atomic mass is 35.5. The van der Waals surface area contributed by atoms with Gasteiger partial charge in [-0.25, -0.2) is 0 Å². The van der Waals surface area contributed by atoms with E-state index in [4.69, 9.17) is 16.7 Å². The molecule has 1 aromatic rings. The number of carboxylic acids is 1. The van der Waals surface area contributed by atoms with E-state index in [-0.39, 0.29) is 11.8 Å². The standard InChI is InChI=1S/C12H19ClN2O2/c1-5-15-10(11(13)9(4)14-15)6-7(2)8(3)12(16)17/h7-8H,5-6H2,1-4H3,(H,16,17). The van der Waals surface area contributed by atoms with Crippen molar-refractivity contribution in [1.29, 1.82) is 0 Å². The van der Waals surface area contributed by atoms with Gasteiger partial charge in [-0.2, -0.15) is 5.10 Å². The Balaban J connectivity index is 2.91. The first-order chi connectivity index (χ1) is 7.88. The first kappa shape index (κ1) is 14.0. The number of hydrogen-bond donors (Lipinski definition) is 1. The van der Waals surface area contributed by atoms with Gasteiger partial charge >= 0.3 is 5.97 Å².